The molecule has 1 atom stereocenters. The molecule has 1 aliphatic rings. The van der Waals surface area contributed by atoms with Crippen LogP contribution in [-0.4, -0.2) is 41.0 Å². The van der Waals surface area contributed by atoms with Crippen LogP contribution in [0.15, 0.2) is 6.20 Å². The average Bonchev–Trinajstić information content (AvgIpc) is 2.83. The number of amides is 1. The first-order valence-electron chi connectivity index (χ1n) is 4.73. The summed E-state index contributed by atoms with van der Waals surface area (Å²) >= 11 is 4.24. The van der Waals surface area contributed by atoms with Crippen LogP contribution in [0, 0.1) is 0 Å². The van der Waals surface area contributed by atoms with Crippen LogP contribution in [0.5, 0.6) is 0 Å². The fourth-order valence-corrected chi connectivity index (χ4v) is 1.98. The lowest BCUT2D eigenvalue weighted by molar-refractivity contribution is -0.117. The van der Waals surface area contributed by atoms with Crippen molar-refractivity contribution in [1.29, 1.82) is 0 Å². The zero-order valence-corrected chi connectivity index (χ0v) is 9.53. The second-order valence-corrected chi connectivity index (χ2v) is 4.21. The van der Waals surface area contributed by atoms with Gasteiger partial charge in [-0.1, -0.05) is 0 Å². The third-order valence-corrected chi connectivity index (χ3v) is 2.75. The minimum absolute atomic E-state index is 0.00658. The molecule has 0 radical (unpaired) electrons. The number of rotatable bonds is 2. The molecule has 6 nitrogen and oxygen atoms in total. The second-order valence-electron chi connectivity index (χ2n) is 3.48. The van der Waals surface area contributed by atoms with Crippen LogP contribution in [-0.2, 0) is 9.53 Å². The van der Waals surface area contributed by atoms with Gasteiger partial charge in [-0.25, -0.2) is 4.79 Å². The number of methoxy groups -OCH3 is 1. The molecule has 0 aromatic carbocycles. The summed E-state index contributed by atoms with van der Waals surface area (Å²) in [4.78, 5) is 24.5. The quantitative estimate of drug-likeness (QED) is 0.574. The van der Waals surface area contributed by atoms with Crippen molar-refractivity contribution >= 4 is 30.2 Å². The maximum atomic E-state index is 11.6. The molecular formula is C9H11N3O3S. The molecule has 0 saturated carbocycles. The number of esters is 1. The largest absolute Gasteiger partial charge is 0.464 e. The maximum absolute atomic E-state index is 11.6. The van der Waals surface area contributed by atoms with Crippen LogP contribution in [0.1, 0.15) is 16.9 Å². The van der Waals surface area contributed by atoms with Crippen molar-refractivity contribution in [3.63, 3.8) is 0 Å². The lowest BCUT2D eigenvalue weighted by atomic mass is 10.3. The molecule has 1 saturated heterocycles. The minimum atomic E-state index is -0.539. The Morgan fingerprint density at radius 3 is 3.06 bits per heavy atom. The Labute approximate surface area is 97.4 Å². The standard InChI is InChI=1S/C9H11N3O3S/c1-15-9(14)8-6(3-10-11-8)12-4-5(16)2-7(12)13/h3,5,16H,2,4H2,1H3,(H,10,11). The number of carbonyl (C=O) groups excluding carboxylic acids is 2. The number of ether oxygens (including phenoxy) is 1. The number of thiol groups is 1. The predicted octanol–water partition coefficient (Wildman–Crippen LogP) is 0.231. The van der Waals surface area contributed by atoms with Crippen molar-refractivity contribution in [3.8, 4) is 0 Å². The Balaban J connectivity index is 2.31. The van der Waals surface area contributed by atoms with E-state index in [1.54, 1.807) is 0 Å². The lowest BCUT2D eigenvalue weighted by Gasteiger charge is -2.14. The van der Waals surface area contributed by atoms with Gasteiger partial charge >= 0.3 is 5.97 Å². The molecule has 86 valence electrons. The van der Waals surface area contributed by atoms with Gasteiger partial charge in [0.15, 0.2) is 5.69 Å². The molecule has 2 heterocycles. The molecular weight excluding hydrogens is 230 g/mol. The molecule has 7 heteroatoms. The van der Waals surface area contributed by atoms with E-state index in [1.807, 2.05) is 0 Å². The maximum Gasteiger partial charge on any atom is 0.358 e. The first kappa shape index (κ1) is 11.0. The van der Waals surface area contributed by atoms with Crippen LogP contribution in [0.3, 0.4) is 0 Å². The number of aromatic nitrogens is 2. The van der Waals surface area contributed by atoms with Crippen molar-refractivity contribution in [2.24, 2.45) is 0 Å². The summed E-state index contributed by atoms with van der Waals surface area (Å²) < 4.78 is 4.59. The zero-order chi connectivity index (χ0) is 11.7. The summed E-state index contributed by atoms with van der Waals surface area (Å²) in [6.07, 6.45) is 1.81. The van der Waals surface area contributed by atoms with Gasteiger partial charge in [0.25, 0.3) is 0 Å². The first-order valence-corrected chi connectivity index (χ1v) is 5.25. The molecule has 1 aromatic rings. The van der Waals surface area contributed by atoms with E-state index in [2.05, 4.69) is 27.6 Å². The van der Waals surface area contributed by atoms with Gasteiger partial charge in [-0.05, 0) is 0 Å². The third kappa shape index (κ3) is 1.78. The van der Waals surface area contributed by atoms with Crippen molar-refractivity contribution in [2.45, 2.75) is 11.7 Å². The average molecular weight is 241 g/mol. The number of nitrogens with zero attached hydrogens (tertiary/aromatic N) is 2. The highest BCUT2D eigenvalue weighted by Gasteiger charge is 2.32. The number of H-pyrrole nitrogens is 1. The van der Waals surface area contributed by atoms with Crippen LogP contribution in [0.4, 0.5) is 5.69 Å². The molecule has 1 fully saturated rings. The Kier molecular flexibility index (Phi) is 2.86. The molecule has 1 aromatic heterocycles. The predicted molar refractivity (Wildman–Crippen MR) is 59.7 cm³/mol. The highest BCUT2D eigenvalue weighted by atomic mass is 32.1. The molecule has 16 heavy (non-hydrogen) atoms. The highest BCUT2D eigenvalue weighted by molar-refractivity contribution is 7.81. The van der Waals surface area contributed by atoms with Crippen LogP contribution in [0.2, 0.25) is 0 Å². The van der Waals surface area contributed by atoms with Crippen molar-refractivity contribution in [2.75, 3.05) is 18.6 Å². The summed E-state index contributed by atoms with van der Waals surface area (Å²) in [5, 5.41) is 6.27. The molecule has 0 bridgehead atoms. The van der Waals surface area contributed by atoms with Crippen LogP contribution in [0.25, 0.3) is 0 Å². The van der Waals surface area contributed by atoms with Gasteiger partial charge in [-0.15, -0.1) is 0 Å². The van der Waals surface area contributed by atoms with Crippen LogP contribution < -0.4 is 4.90 Å². The summed E-state index contributed by atoms with van der Waals surface area (Å²) in [5.41, 5.74) is 0.645. The van der Waals surface area contributed by atoms with Gasteiger partial charge in [-0.2, -0.15) is 17.7 Å². The number of nitrogens with one attached hydrogen (secondary N) is 1. The summed E-state index contributed by atoms with van der Waals surface area (Å²) in [6, 6.07) is 0. The number of hydrogen-bond acceptors (Lipinski definition) is 5. The number of aromatic amines is 1. The summed E-state index contributed by atoms with van der Waals surface area (Å²) in [6.45, 7) is 0.478. The SMILES string of the molecule is COC(=O)c1[nH]ncc1N1CC(S)CC1=O. The zero-order valence-electron chi connectivity index (χ0n) is 8.64. The Morgan fingerprint density at radius 1 is 1.75 bits per heavy atom. The highest BCUT2D eigenvalue weighted by Crippen LogP contribution is 2.26. The van der Waals surface area contributed by atoms with E-state index in [0.717, 1.165) is 0 Å². The lowest BCUT2D eigenvalue weighted by Crippen LogP contribution is -2.26. The van der Waals surface area contributed by atoms with Gasteiger partial charge in [0.1, 0.15) is 0 Å². The Bertz CT molecular complexity index is 431. The van der Waals surface area contributed by atoms with Gasteiger partial charge in [0.05, 0.1) is 19.0 Å². The van der Waals surface area contributed by atoms with Crippen LogP contribution >= 0.6 is 12.6 Å². The Hall–Kier alpha value is -1.50. The van der Waals surface area contributed by atoms with Gasteiger partial charge in [-0.3, -0.25) is 9.89 Å². The van der Waals surface area contributed by atoms with E-state index < -0.39 is 5.97 Å². The smallest absolute Gasteiger partial charge is 0.358 e. The topological polar surface area (TPSA) is 75.3 Å². The van der Waals surface area contributed by atoms with E-state index in [-0.39, 0.29) is 16.9 Å². The van der Waals surface area contributed by atoms with Crippen molar-refractivity contribution < 1.29 is 14.3 Å². The third-order valence-electron chi connectivity index (χ3n) is 2.40. The molecule has 0 spiro atoms. The van der Waals surface area contributed by atoms with Crippen molar-refractivity contribution in [1.82, 2.24) is 10.2 Å². The number of hydrogen-bond donors (Lipinski definition) is 2. The first-order chi connectivity index (χ1) is 7.63. The fourth-order valence-electron chi connectivity index (χ4n) is 1.66. The number of anilines is 1. The molecule has 1 aliphatic heterocycles. The Morgan fingerprint density at radius 2 is 2.50 bits per heavy atom. The van der Waals surface area contributed by atoms with Gasteiger partial charge in [0.2, 0.25) is 5.91 Å². The molecule has 1 unspecified atom stereocenters. The molecule has 0 aliphatic carbocycles. The molecule has 1 N–H and O–H groups in total. The fraction of sp³-hybridized carbons (Fsp3) is 0.444. The van der Waals surface area contributed by atoms with E-state index >= 15 is 0 Å². The summed E-state index contributed by atoms with van der Waals surface area (Å²) in [5.74, 6) is -0.602. The normalized spacial score (nSPS) is 20.2. The molecule has 2 rings (SSSR count). The van der Waals surface area contributed by atoms with Gasteiger partial charge in [0, 0.05) is 18.2 Å². The van der Waals surface area contributed by atoms with Crippen molar-refractivity contribution in [3.05, 3.63) is 11.9 Å². The van der Waals surface area contributed by atoms with E-state index in [0.29, 0.717) is 18.7 Å². The summed E-state index contributed by atoms with van der Waals surface area (Å²) in [7, 11) is 1.28. The minimum Gasteiger partial charge on any atom is -0.464 e. The number of carbonyl (C=O) groups is 2. The van der Waals surface area contributed by atoms with Gasteiger partial charge < -0.3 is 9.64 Å². The van der Waals surface area contributed by atoms with E-state index in [4.69, 9.17) is 0 Å². The van der Waals surface area contributed by atoms with E-state index in [1.165, 1.54) is 18.2 Å². The second kappa shape index (κ2) is 4.17. The molecule has 1 amide bonds. The van der Waals surface area contributed by atoms with E-state index in [9.17, 15) is 9.59 Å². The monoisotopic (exact) mass is 241 g/mol.